The third kappa shape index (κ3) is 4.51. The smallest absolute Gasteiger partial charge is 0.294 e. The molecule has 0 saturated carbocycles. The molecule has 2 fully saturated rings. The van der Waals surface area contributed by atoms with Gasteiger partial charge in [-0.25, -0.2) is 0 Å². The van der Waals surface area contributed by atoms with E-state index in [9.17, 15) is 14.4 Å². The van der Waals surface area contributed by atoms with Gasteiger partial charge in [-0.05, 0) is 36.4 Å². The van der Waals surface area contributed by atoms with Crippen LogP contribution in [0.1, 0.15) is 16.7 Å². The second kappa shape index (κ2) is 9.48. The van der Waals surface area contributed by atoms with Crippen LogP contribution in [0.25, 0.3) is 17.0 Å². The first-order valence-corrected chi connectivity index (χ1v) is 12.1. The van der Waals surface area contributed by atoms with Gasteiger partial charge in [0.25, 0.3) is 11.1 Å². The fourth-order valence-electron chi connectivity index (χ4n) is 4.35. The second-order valence-corrected chi connectivity index (χ2v) is 9.47. The Labute approximate surface area is 202 Å². The highest BCUT2D eigenvalue weighted by Crippen LogP contribution is 2.34. The SMILES string of the molecule is Cc1cccc(Cn2cc(/C=C3/SC(=O)N(CC(=O)N4CCOCC4)C3=O)c3ccccc32)c1. The van der Waals surface area contributed by atoms with E-state index in [1.54, 1.807) is 11.0 Å². The fraction of sp³-hybridized carbons (Fsp3) is 0.269. The van der Waals surface area contributed by atoms with Crippen molar-refractivity contribution in [2.45, 2.75) is 13.5 Å². The van der Waals surface area contributed by atoms with E-state index in [1.807, 2.05) is 30.5 Å². The number of carbonyl (C=O) groups excluding carboxylic acids is 3. The van der Waals surface area contributed by atoms with Crippen molar-refractivity contribution in [3.8, 4) is 0 Å². The minimum atomic E-state index is -0.424. The van der Waals surface area contributed by atoms with E-state index in [4.69, 9.17) is 4.74 Å². The summed E-state index contributed by atoms with van der Waals surface area (Å²) in [5.74, 6) is -0.659. The van der Waals surface area contributed by atoms with Crippen LogP contribution in [0.2, 0.25) is 0 Å². The molecule has 0 aliphatic carbocycles. The van der Waals surface area contributed by atoms with Gasteiger partial charge < -0.3 is 14.2 Å². The van der Waals surface area contributed by atoms with E-state index >= 15 is 0 Å². The van der Waals surface area contributed by atoms with E-state index in [0.717, 1.165) is 33.1 Å². The number of fused-ring (bicyclic) bond motifs is 1. The summed E-state index contributed by atoms with van der Waals surface area (Å²) in [4.78, 5) is 41.2. The summed E-state index contributed by atoms with van der Waals surface area (Å²) < 4.78 is 7.42. The van der Waals surface area contributed by atoms with Crippen LogP contribution in [-0.4, -0.2) is 64.3 Å². The van der Waals surface area contributed by atoms with E-state index in [0.29, 0.717) is 37.8 Å². The Hall–Kier alpha value is -3.36. The first-order chi connectivity index (χ1) is 16.5. The number of ether oxygens (including phenoxy) is 1. The minimum absolute atomic E-state index is 0.235. The summed E-state index contributed by atoms with van der Waals surface area (Å²) >= 11 is 0.883. The number of carbonyl (C=O) groups is 3. The zero-order chi connectivity index (χ0) is 23.7. The van der Waals surface area contributed by atoms with Crippen LogP contribution in [0.5, 0.6) is 0 Å². The predicted molar refractivity (Wildman–Crippen MR) is 132 cm³/mol. The molecule has 0 N–H and O–H groups in total. The van der Waals surface area contributed by atoms with Gasteiger partial charge in [-0.2, -0.15) is 0 Å². The Balaban J connectivity index is 1.40. The van der Waals surface area contributed by atoms with Gasteiger partial charge in [-0.3, -0.25) is 19.3 Å². The fourth-order valence-corrected chi connectivity index (χ4v) is 5.18. The minimum Gasteiger partial charge on any atom is -0.378 e. The Morgan fingerprint density at radius 3 is 2.68 bits per heavy atom. The summed E-state index contributed by atoms with van der Waals surface area (Å²) in [6.45, 7) is 4.43. The number of aromatic nitrogens is 1. The summed E-state index contributed by atoms with van der Waals surface area (Å²) in [6, 6.07) is 16.4. The number of aryl methyl sites for hydroxylation is 1. The lowest BCUT2D eigenvalue weighted by Gasteiger charge is -2.28. The molecule has 8 heteroatoms. The Bertz CT molecular complexity index is 1310. The first-order valence-electron chi connectivity index (χ1n) is 11.2. The highest BCUT2D eigenvalue weighted by Gasteiger charge is 2.37. The van der Waals surface area contributed by atoms with Crippen molar-refractivity contribution in [2.75, 3.05) is 32.8 Å². The highest BCUT2D eigenvalue weighted by molar-refractivity contribution is 8.18. The molecular weight excluding hydrogens is 450 g/mol. The van der Waals surface area contributed by atoms with Crippen LogP contribution in [0, 0.1) is 6.92 Å². The molecule has 2 aromatic carbocycles. The number of nitrogens with zero attached hydrogens (tertiary/aromatic N) is 3. The molecule has 1 aromatic heterocycles. The molecule has 2 aliphatic heterocycles. The number of amides is 3. The molecular formula is C26H25N3O4S. The normalized spacial score (nSPS) is 17.9. The van der Waals surface area contributed by atoms with Gasteiger partial charge in [0.15, 0.2) is 0 Å². The maximum atomic E-state index is 13.0. The number of hydrogen-bond acceptors (Lipinski definition) is 5. The topological polar surface area (TPSA) is 71.8 Å². The lowest BCUT2D eigenvalue weighted by molar-refractivity contribution is -0.139. The van der Waals surface area contributed by atoms with Crippen molar-refractivity contribution >= 4 is 45.8 Å². The molecule has 0 spiro atoms. The quantitative estimate of drug-likeness (QED) is 0.524. The molecule has 0 radical (unpaired) electrons. The number of para-hydroxylation sites is 1. The van der Waals surface area contributed by atoms with E-state index in [1.165, 1.54) is 11.1 Å². The van der Waals surface area contributed by atoms with Crippen LogP contribution < -0.4 is 0 Å². The molecule has 0 atom stereocenters. The zero-order valence-electron chi connectivity index (χ0n) is 18.9. The van der Waals surface area contributed by atoms with Crippen molar-refractivity contribution in [2.24, 2.45) is 0 Å². The molecule has 3 aromatic rings. The van der Waals surface area contributed by atoms with Crippen molar-refractivity contribution in [1.82, 2.24) is 14.4 Å². The molecule has 3 heterocycles. The number of imide groups is 1. The van der Waals surface area contributed by atoms with Gasteiger partial charge in [0.1, 0.15) is 6.54 Å². The van der Waals surface area contributed by atoms with Crippen LogP contribution in [0.3, 0.4) is 0 Å². The third-order valence-electron chi connectivity index (χ3n) is 6.07. The molecule has 0 unspecified atom stereocenters. The van der Waals surface area contributed by atoms with Crippen molar-refractivity contribution in [1.29, 1.82) is 0 Å². The molecule has 3 amide bonds. The van der Waals surface area contributed by atoms with Gasteiger partial charge in [0.2, 0.25) is 5.91 Å². The van der Waals surface area contributed by atoms with Crippen LogP contribution in [0.4, 0.5) is 4.79 Å². The number of thioether (sulfide) groups is 1. The summed E-state index contributed by atoms with van der Waals surface area (Å²) in [7, 11) is 0. The van der Waals surface area contributed by atoms with Gasteiger partial charge in [0, 0.05) is 42.3 Å². The van der Waals surface area contributed by atoms with Gasteiger partial charge in [0.05, 0.1) is 18.1 Å². The van der Waals surface area contributed by atoms with E-state index < -0.39 is 11.1 Å². The molecule has 2 saturated heterocycles. The molecule has 174 valence electrons. The maximum Gasteiger partial charge on any atom is 0.294 e. The number of hydrogen-bond donors (Lipinski definition) is 0. The number of benzene rings is 2. The van der Waals surface area contributed by atoms with Gasteiger partial charge in [-0.1, -0.05) is 48.0 Å². The first kappa shape index (κ1) is 22.4. The zero-order valence-corrected chi connectivity index (χ0v) is 19.7. The van der Waals surface area contributed by atoms with Gasteiger partial charge >= 0.3 is 0 Å². The Kier molecular flexibility index (Phi) is 6.26. The average Bonchev–Trinajstić information content (AvgIpc) is 3.31. The Morgan fingerprint density at radius 2 is 1.88 bits per heavy atom. The van der Waals surface area contributed by atoms with E-state index in [-0.39, 0.29) is 12.5 Å². The largest absolute Gasteiger partial charge is 0.378 e. The lowest BCUT2D eigenvalue weighted by atomic mass is 10.1. The average molecular weight is 476 g/mol. The Morgan fingerprint density at radius 1 is 1.09 bits per heavy atom. The van der Waals surface area contributed by atoms with Crippen LogP contribution >= 0.6 is 11.8 Å². The third-order valence-corrected chi connectivity index (χ3v) is 6.98. The molecule has 34 heavy (non-hydrogen) atoms. The molecule has 5 rings (SSSR count). The summed E-state index contributed by atoms with van der Waals surface area (Å²) in [5.41, 5.74) is 4.31. The van der Waals surface area contributed by atoms with Gasteiger partial charge in [-0.15, -0.1) is 0 Å². The summed E-state index contributed by atoms with van der Waals surface area (Å²) in [6.07, 6.45) is 3.78. The maximum absolute atomic E-state index is 13.0. The van der Waals surface area contributed by atoms with E-state index in [2.05, 4.69) is 35.8 Å². The van der Waals surface area contributed by atoms with Crippen LogP contribution in [-0.2, 0) is 20.9 Å². The second-order valence-electron chi connectivity index (χ2n) is 8.48. The number of morpholine rings is 1. The molecule has 0 bridgehead atoms. The standard InChI is InChI=1S/C26H25N3O4S/c1-18-5-4-6-19(13-18)15-28-16-20(21-7-2-3-8-22(21)28)14-23-25(31)29(26(32)34-23)17-24(30)27-9-11-33-12-10-27/h2-8,13-14,16H,9-12,15,17H2,1H3/b23-14+. The van der Waals surface area contributed by atoms with Crippen molar-refractivity contribution < 1.29 is 19.1 Å². The summed E-state index contributed by atoms with van der Waals surface area (Å²) in [5, 5.41) is 0.590. The number of rotatable bonds is 5. The lowest BCUT2D eigenvalue weighted by Crippen LogP contribution is -2.46. The van der Waals surface area contributed by atoms with Crippen molar-refractivity contribution in [3.05, 3.63) is 76.3 Å². The molecule has 7 nitrogen and oxygen atoms in total. The predicted octanol–water partition coefficient (Wildman–Crippen LogP) is 3.89. The highest BCUT2D eigenvalue weighted by atomic mass is 32.2. The van der Waals surface area contributed by atoms with Crippen LogP contribution in [0.15, 0.2) is 59.6 Å². The van der Waals surface area contributed by atoms with Crippen molar-refractivity contribution in [3.63, 3.8) is 0 Å². The molecule has 2 aliphatic rings. The monoisotopic (exact) mass is 475 g/mol.